The number of rotatable bonds is 4. The van der Waals surface area contributed by atoms with Crippen LogP contribution in [0.2, 0.25) is 0 Å². The number of nitro benzene ring substituents is 1. The van der Waals surface area contributed by atoms with E-state index in [-0.39, 0.29) is 23.7 Å². The first kappa shape index (κ1) is 13.7. The van der Waals surface area contributed by atoms with Crippen molar-refractivity contribution in [2.75, 3.05) is 5.32 Å². The minimum atomic E-state index is -0.778. The first-order chi connectivity index (χ1) is 9.45. The number of nitrogens with one attached hydrogen (secondary N) is 1. The molecule has 2 rings (SSSR count). The number of aromatic hydroxyl groups is 1. The van der Waals surface area contributed by atoms with Gasteiger partial charge in [0, 0.05) is 18.7 Å². The molecule has 7 heteroatoms. The lowest BCUT2D eigenvalue weighted by atomic mass is 10.2. The molecule has 20 heavy (non-hydrogen) atoms. The fourth-order valence-electron chi connectivity index (χ4n) is 1.69. The standard InChI is InChI=1S/C13H10F2N2O3/c14-9-3-8(4-11(18)5-9)7-16-13-2-1-10(17(19)20)6-12(13)15/h1-6,16,18H,7H2. The number of phenolic OH excluding ortho intramolecular Hbond substituents is 1. The molecule has 0 aromatic heterocycles. The van der Waals surface area contributed by atoms with E-state index in [0.29, 0.717) is 5.56 Å². The Morgan fingerprint density at radius 3 is 2.55 bits per heavy atom. The summed E-state index contributed by atoms with van der Waals surface area (Å²) in [6, 6.07) is 6.66. The molecule has 5 nitrogen and oxygen atoms in total. The molecule has 0 radical (unpaired) electrons. The lowest BCUT2D eigenvalue weighted by Crippen LogP contribution is -2.02. The second-order valence-corrected chi connectivity index (χ2v) is 4.09. The van der Waals surface area contributed by atoms with Crippen molar-refractivity contribution in [2.45, 2.75) is 6.54 Å². The highest BCUT2D eigenvalue weighted by molar-refractivity contribution is 5.50. The average Bonchev–Trinajstić information content (AvgIpc) is 2.36. The number of hydrogen-bond acceptors (Lipinski definition) is 4. The van der Waals surface area contributed by atoms with E-state index >= 15 is 0 Å². The SMILES string of the molecule is O=[N+]([O-])c1ccc(NCc2cc(O)cc(F)c2)c(F)c1. The number of nitrogens with zero attached hydrogens (tertiary/aromatic N) is 1. The van der Waals surface area contributed by atoms with Gasteiger partial charge in [-0.15, -0.1) is 0 Å². The molecule has 0 aliphatic carbocycles. The molecular formula is C13H10F2N2O3. The fraction of sp³-hybridized carbons (Fsp3) is 0.0769. The molecule has 0 amide bonds. The number of nitro groups is 1. The van der Waals surface area contributed by atoms with E-state index in [9.17, 15) is 24.0 Å². The Hall–Kier alpha value is -2.70. The molecule has 2 aromatic rings. The summed E-state index contributed by atoms with van der Waals surface area (Å²) in [7, 11) is 0. The molecule has 2 aromatic carbocycles. The predicted molar refractivity (Wildman–Crippen MR) is 68.4 cm³/mol. The van der Waals surface area contributed by atoms with Crippen molar-refractivity contribution < 1.29 is 18.8 Å². The zero-order chi connectivity index (χ0) is 14.7. The fourth-order valence-corrected chi connectivity index (χ4v) is 1.69. The summed E-state index contributed by atoms with van der Waals surface area (Å²) in [4.78, 5) is 9.77. The second kappa shape index (κ2) is 5.52. The quantitative estimate of drug-likeness (QED) is 0.666. The number of non-ortho nitro benzene ring substituents is 1. The lowest BCUT2D eigenvalue weighted by Gasteiger charge is -2.08. The highest BCUT2D eigenvalue weighted by Crippen LogP contribution is 2.22. The van der Waals surface area contributed by atoms with Gasteiger partial charge < -0.3 is 10.4 Å². The van der Waals surface area contributed by atoms with Gasteiger partial charge in [-0.05, 0) is 23.8 Å². The van der Waals surface area contributed by atoms with Crippen molar-refractivity contribution in [3.05, 3.63) is 63.7 Å². The van der Waals surface area contributed by atoms with Gasteiger partial charge in [0.2, 0.25) is 0 Å². The van der Waals surface area contributed by atoms with Crippen LogP contribution in [0.25, 0.3) is 0 Å². The molecule has 0 saturated carbocycles. The molecule has 0 aliphatic heterocycles. The van der Waals surface area contributed by atoms with Crippen LogP contribution in [-0.2, 0) is 6.54 Å². The van der Waals surface area contributed by atoms with Crippen LogP contribution < -0.4 is 5.32 Å². The first-order valence-electron chi connectivity index (χ1n) is 5.62. The van der Waals surface area contributed by atoms with Crippen molar-refractivity contribution in [3.8, 4) is 5.75 Å². The van der Waals surface area contributed by atoms with Crippen LogP contribution in [-0.4, -0.2) is 10.0 Å². The van der Waals surface area contributed by atoms with Gasteiger partial charge in [-0.1, -0.05) is 0 Å². The molecular weight excluding hydrogens is 270 g/mol. The lowest BCUT2D eigenvalue weighted by molar-refractivity contribution is -0.385. The van der Waals surface area contributed by atoms with E-state index in [1.165, 1.54) is 18.2 Å². The number of phenols is 1. The Balaban J connectivity index is 2.12. The van der Waals surface area contributed by atoms with E-state index in [1.807, 2.05) is 0 Å². The van der Waals surface area contributed by atoms with Crippen molar-refractivity contribution in [3.63, 3.8) is 0 Å². The molecule has 0 saturated heterocycles. The van der Waals surface area contributed by atoms with Crippen LogP contribution in [0.4, 0.5) is 20.2 Å². The topological polar surface area (TPSA) is 75.4 Å². The maximum atomic E-state index is 13.6. The highest BCUT2D eigenvalue weighted by Gasteiger charge is 2.10. The third-order valence-electron chi connectivity index (χ3n) is 2.59. The molecule has 0 bridgehead atoms. The first-order valence-corrected chi connectivity index (χ1v) is 5.62. The molecule has 0 unspecified atom stereocenters. The van der Waals surface area contributed by atoms with E-state index in [4.69, 9.17) is 0 Å². The van der Waals surface area contributed by atoms with Crippen LogP contribution in [0.5, 0.6) is 5.75 Å². The maximum absolute atomic E-state index is 13.6. The summed E-state index contributed by atoms with van der Waals surface area (Å²) in [6.07, 6.45) is 0. The molecule has 0 aliphatic rings. The van der Waals surface area contributed by atoms with Crippen LogP contribution in [0, 0.1) is 21.7 Å². The van der Waals surface area contributed by atoms with E-state index in [2.05, 4.69) is 5.32 Å². The third kappa shape index (κ3) is 3.19. The monoisotopic (exact) mass is 280 g/mol. The number of benzene rings is 2. The summed E-state index contributed by atoms with van der Waals surface area (Å²) < 4.78 is 26.6. The molecule has 0 spiro atoms. The Labute approximate surface area is 112 Å². The minimum absolute atomic E-state index is 0.0550. The summed E-state index contributed by atoms with van der Waals surface area (Å²) in [6.45, 7) is 0.0695. The molecule has 0 fully saturated rings. The van der Waals surface area contributed by atoms with Gasteiger partial charge in [0.05, 0.1) is 16.7 Å². The van der Waals surface area contributed by atoms with Gasteiger partial charge in [0.15, 0.2) is 5.82 Å². The zero-order valence-corrected chi connectivity index (χ0v) is 10.1. The second-order valence-electron chi connectivity index (χ2n) is 4.09. The molecule has 0 heterocycles. The van der Waals surface area contributed by atoms with Gasteiger partial charge in [-0.3, -0.25) is 10.1 Å². The van der Waals surface area contributed by atoms with E-state index in [0.717, 1.165) is 18.2 Å². The molecule has 2 N–H and O–H groups in total. The van der Waals surface area contributed by atoms with Crippen LogP contribution in [0.15, 0.2) is 36.4 Å². The van der Waals surface area contributed by atoms with Crippen molar-refractivity contribution in [1.82, 2.24) is 0 Å². The largest absolute Gasteiger partial charge is 0.508 e. The van der Waals surface area contributed by atoms with Crippen LogP contribution in [0.1, 0.15) is 5.56 Å². The van der Waals surface area contributed by atoms with E-state index in [1.54, 1.807) is 0 Å². The van der Waals surface area contributed by atoms with Gasteiger partial charge in [-0.2, -0.15) is 0 Å². The summed E-state index contributed by atoms with van der Waals surface area (Å²) in [5.41, 5.74) is 0.121. The predicted octanol–water partition coefficient (Wildman–Crippen LogP) is 3.19. The summed E-state index contributed by atoms with van der Waals surface area (Å²) in [5.74, 6) is -1.61. The van der Waals surface area contributed by atoms with Crippen molar-refractivity contribution >= 4 is 11.4 Å². The minimum Gasteiger partial charge on any atom is -0.508 e. The zero-order valence-electron chi connectivity index (χ0n) is 10.1. The van der Waals surface area contributed by atoms with Crippen molar-refractivity contribution in [1.29, 1.82) is 0 Å². The Bertz CT molecular complexity index is 642. The van der Waals surface area contributed by atoms with Gasteiger partial charge in [-0.25, -0.2) is 8.78 Å². The summed E-state index contributed by atoms with van der Waals surface area (Å²) in [5, 5.41) is 22.4. The average molecular weight is 280 g/mol. The Kier molecular flexibility index (Phi) is 3.79. The smallest absolute Gasteiger partial charge is 0.272 e. The highest BCUT2D eigenvalue weighted by atomic mass is 19.1. The van der Waals surface area contributed by atoms with Gasteiger partial charge >= 0.3 is 0 Å². The number of hydrogen-bond donors (Lipinski definition) is 2. The van der Waals surface area contributed by atoms with Gasteiger partial charge in [0.25, 0.3) is 5.69 Å². The van der Waals surface area contributed by atoms with Crippen molar-refractivity contribution in [2.24, 2.45) is 0 Å². The molecule has 0 atom stereocenters. The Morgan fingerprint density at radius 1 is 1.20 bits per heavy atom. The van der Waals surface area contributed by atoms with Crippen LogP contribution >= 0.6 is 0 Å². The number of anilines is 1. The summed E-state index contributed by atoms with van der Waals surface area (Å²) >= 11 is 0. The maximum Gasteiger partial charge on any atom is 0.272 e. The normalized spacial score (nSPS) is 10.3. The van der Waals surface area contributed by atoms with E-state index < -0.39 is 16.6 Å². The number of halogens is 2. The third-order valence-corrected chi connectivity index (χ3v) is 2.59. The Morgan fingerprint density at radius 2 is 1.95 bits per heavy atom. The molecule has 104 valence electrons. The van der Waals surface area contributed by atoms with Crippen LogP contribution in [0.3, 0.4) is 0 Å². The van der Waals surface area contributed by atoms with Gasteiger partial charge in [0.1, 0.15) is 11.6 Å².